The van der Waals surface area contributed by atoms with E-state index in [1.165, 1.54) is 35.7 Å². The van der Waals surface area contributed by atoms with E-state index >= 15 is 0 Å². The molecule has 0 amide bonds. The van der Waals surface area contributed by atoms with Crippen LogP contribution < -0.4 is 10.2 Å². The lowest BCUT2D eigenvalue weighted by Gasteiger charge is -2.29. The van der Waals surface area contributed by atoms with Crippen LogP contribution in [0.3, 0.4) is 0 Å². The smallest absolute Gasteiger partial charge is 0.136 e. The van der Waals surface area contributed by atoms with Gasteiger partial charge in [-0.3, -0.25) is 0 Å². The maximum Gasteiger partial charge on any atom is 0.136 e. The fraction of sp³-hybridized carbons (Fsp3) is 0.500. The average molecular weight is 298 g/mol. The average Bonchev–Trinajstić information content (AvgIpc) is 2.55. The zero-order valence-corrected chi connectivity index (χ0v) is 13.7. The van der Waals surface area contributed by atoms with Gasteiger partial charge in [-0.15, -0.1) is 0 Å². The van der Waals surface area contributed by atoms with Gasteiger partial charge in [-0.2, -0.15) is 0 Å². The Morgan fingerprint density at radius 2 is 1.91 bits per heavy atom. The number of rotatable bonds is 5. The van der Waals surface area contributed by atoms with Crippen molar-refractivity contribution in [1.29, 1.82) is 0 Å². The largest absolute Gasteiger partial charge is 0.383 e. The molecule has 1 aromatic carbocycles. The third kappa shape index (κ3) is 3.33. The Bertz CT molecular complexity index is 618. The van der Waals surface area contributed by atoms with Crippen LogP contribution in [-0.4, -0.2) is 50.2 Å². The summed E-state index contributed by atoms with van der Waals surface area (Å²) in [7, 11) is 4.20. The van der Waals surface area contributed by atoms with E-state index in [4.69, 9.17) is 0 Å². The molecule has 3 rings (SSSR count). The van der Waals surface area contributed by atoms with Gasteiger partial charge in [-0.05, 0) is 45.5 Å². The lowest BCUT2D eigenvalue weighted by molar-refractivity contribution is 0.425. The third-order valence-corrected chi connectivity index (χ3v) is 4.32. The molecule has 0 aliphatic carbocycles. The van der Waals surface area contributed by atoms with Crippen LogP contribution in [0.15, 0.2) is 30.5 Å². The molecule has 1 aromatic heterocycles. The van der Waals surface area contributed by atoms with E-state index in [9.17, 15) is 0 Å². The third-order valence-electron chi connectivity index (χ3n) is 4.32. The van der Waals surface area contributed by atoms with Crippen LogP contribution >= 0.6 is 0 Å². The first-order valence-corrected chi connectivity index (χ1v) is 8.27. The van der Waals surface area contributed by atoms with Crippen LogP contribution in [0, 0.1) is 0 Å². The minimum Gasteiger partial charge on any atom is -0.383 e. The molecule has 1 aliphatic heterocycles. The first-order valence-electron chi connectivity index (χ1n) is 8.27. The van der Waals surface area contributed by atoms with Gasteiger partial charge in [0.25, 0.3) is 0 Å². The number of nitrogens with one attached hydrogen (secondary N) is 1. The van der Waals surface area contributed by atoms with E-state index in [1.54, 1.807) is 0 Å². The van der Waals surface area contributed by atoms with Crippen molar-refractivity contribution in [3.63, 3.8) is 0 Å². The number of hydrogen-bond donors (Lipinski definition) is 1. The summed E-state index contributed by atoms with van der Waals surface area (Å²) in [5, 5.41) is 6.10. The summed E-state index contributed by atoms with van der Waals surface area (Å²) in [6, 6.07) is 8.62. The van der Waals surface area contributed by atoms with E-state index in [0.717, 1.165) is 32.0 Å². The highest BCUT2D eigenvalue weighted by Crippen LogP contribution is 2.30. The van der Waals surface area contributed by atoms with Crippen LogP contribution in [0.4, 0.5) is 11.5 Å². The van der Waals surface area contributed by atoms with Crippen LogP contribution in [-0.2, 0) is 0 Å². The molecule has 0 unspecified atom stereocenters. The van der Waals surface area contributed by atoms with Gasteiger partial charge in [-0.25, -0.2) is 4.98 Å². The van der Waals surface area contributed by atoms with Gasteiger partial charge in [0.1, 0.15) is 5.82 Å². The first-order chi connectivity index (χ1) is 10.8. The van der Waals surface area contributed by atoms with Crippen molar-refractivity contribution in [2.24, 2.45) is 0 Å². The summed E-state index contributed by atoms with van der Waals surface area (Å²) in [6.07, 6.45) is 5.85. The summed E-state index contributed by atoms with van der Waals surface area (Å²) < 4.78 is 0. The fourth-order valence-electron chi connectivity index (χ4n) is 3.12. The minimum absolute atomic E-state index is 0.952. The van der Waals surface area contributed by atoms with Gasteiger partial charge in [-0.1, -0.05) is 12.1 Å². The molecule has 0 bridgehead atoms. The second kappa shape index (κ2) is 6.97. The highest BCUT2D eigenvalue weighted by atomic mass is 15.2. The molecule has 1 fully saturated rings. The number of likely N-dealkylation sites (N-methyl/N-ethyl adjacent to an activating group) is 1. The van der Waals surface area contributed by atoms with Crippen LogP contribution in [0.5, 0.6) is 0 Å². The molecule has 0 atom stereocenters. The Morgan fingerprint density at radius 3 is 2.68 bits per heavy atom. The Labute approximate surface area is 133 Å². The number of fused-ring (bicyclic) bond motifs is 1. The van der Waals surface area contributed by atoms with Gasteiger partial charge < -0.3 is 15.1 Å². The second-order valence-corrected chi connectivity index (χ2v) is 6.31. The zero-order valence-electron chi connectivity index (χ0n) is 13.7. The number of anilines is 2. The number of piperidine rings is 1. The van der Waals surface area contributed by atoms with Gasteiger partial charge in [0.2, 0.25) is 0 Å². The molecular formula is C18H26N4. The zero-order chi connectivity index (χ0) is 15.4. The molecule has 2 aromatic rings. The molecule has 0 radical (unpaired) electrons. The summed E-state index contributed by atoms with van der Waals surface area (Å²) in [4.78, 5) is 9.30. The van der Waals surface area contributed by atoms with E-state index in [2.05, 4.69) is 58.5 Å². The van der Waals surface area contributed by atoms with Crippen molar-refractivity contribution >= 4 is 22.3 Å². The molecule has 4 nitrogen and oxygen atoms in total. The van der Waals surface area contributed by atoms with Crippen LogP contribution in [0.2, 0.25) is 0 Å². The quantitative estimate of drug-likeness (QED) is 0.918. The Morgan fingerprint density at radius 1 is 1.09 bits per heavy atom. The highest BCUT2D eigenvalue weighted by Gasteiger charge is 2.15. The van der Waals surface area contributed by atoms with Gasteiger partial charge >= 0.3 is 0 Å². The van der Waals surface area contributed by atoms with Crippen molar-refractivity contribution in [3.8, 4) is 0 Å². The Kier molecular flexibility index (Phi) is 4.78. The normalized spacial score (nSPS) is 15.5. The maximum atomic E-state index is 4.67. The predicted molar refractivity (Wildman–Crippen MR) is 94.9 cm³/mol. The topological polar surface area (TPSA) is 31.4 Å². The minimum atomic E-state index is 0.952. The molecule has 1 N–H and O–H groups in total. The molecule has 4 heteroatoms. The Hall–Kier alpha value is -1.81. The van der Waals surface area contributed by atoms with Crippen LogP contribution in [0.25, 0.3) is 10.8 Å². The molecule has 1 aliphatic rings. The lowest BCUT2D eigenvalue weighted by atomic mass is 10.1. The predicted octanol–water partition coefficient (Wildman–Crippen LogP) is 3.20. The Balaban J connectivity index is 1.88. The van der Waals surface area contributed by atoms with Gasteiger partial charge in [0, 0.05) is 48.8 Å². The molecule has 22 heavy (non-hydrogen) atoms. The van der Waals surface area contributed by atoms with E-state index in [0.29, 0.717) is 0 Å². The van der Waals surface area contributed by atoms with Crippen molar-refractivity contribution in [2.75, 3.05) is 50.5 Å². The number of benzene rings is 1. The second-order valence-electron chi connectivity index (χ2n) is 6.31. The summed E-state index contributed by atoms with van der Waals surface area (Å²) in [5.74, 6) is 1.15. The molecule has 1 saturated heterocycles. The highest BCUT2D eigenvalue weighted by molar-refractivity contribution is 6.00. The van der Waals surface area contributed by atoms with E-state index in [1.807, 2.05) is 6.20 Å². The SMILES string of the molecule is CN(C)CCNc1cccc2c(N3CCCCC3)nccc12. The first kappa shape index (κ1) is 15.1. The van der Waals surface area contributed by atoms with Gasteiger partial charge in [0.15, 0.2) is 0 Å². The molecular weight excluding hydrogens is 272 g/mol. The fourth-order valence-corrected chi connectivity index (χ4v) is 3.12. The standard InChI is InChI=1S/C18H26N4/c1-21(2)14-11-19-17-8-6-7-16-15(17)9-10-20-18(16)22-12-4-3-5-13-22/h6-10,19H,3-5,11-14H2,1-2H3. The number of hydrogen-bond acceptors (Lipinski definition) is 4. The van der Waals surface area contributed by atoms with E-state index in [-0.39, 0.29) is 0 Å². The van der Waals surface area contributed by atoms with Gasteiger partial charge in [0.05, 0.1) is 0 Å². The van der Waals surface area contributed by atoms with Crippen molar-refractivity contribution < 1.29 is 0 Å². The number of pyridine rings is 1. The lowest BCUT2D eigenvalue weighted by Crippen LogP contribution is -2.30. The monoisotopic (exact) mass is 298 g/mol. The molecule has 118 valence electrons. The number of nitrogens with zero attached hydrogens (tertiary/aromatic N) is 3. The van der Waals surface area contributed by atoms with Crippen molar-refractivity contribution in [2.45, 2.75) is 19.3 Å². The summed E-state index contributed by atoms with van der Waals surface area (Å²) >= 11 is 0. The maximum absolute atomic E-state index is 4.67. The van der Waals surface area contributed by atoms with Crippen molar-refractivity contribution in [1.82, 2.24) is 9.88 Å². The summed E-state index contributed by atoms with van der Waals surface area (Å²) in [5.41, 5.74) is 1.21. The summed E-state index contributed by atoms with van der Waals surface area (Å²) in [6.45, 7) is 4.24. The van der Waals surface area contributed by atoms with E-state index < -0.39 is 0 Å². The molecule has 0 spiro atoms. The van der Waals surface area contributed by atoms with Crippen molar-refractivity contribution in [3.05, 3.63) is 30.5 Å². The molecule has 2 heterocycles. The molecule has 0 saturated carbocycles. The number of aromatic nitrogens is 1. The van der Waals surface area contributed by atoms with Crippen LogP contribution in [0.1, 0.15) is 19.3 Å².